The van der Waals surface area contributed by atoms with Crippen molar-refractivity contribution in [2.45, 2.75) is 65.9 Å². The molecule has 4 aromatic carbocycles. The molecular formula is C38H36F4N2O3. The molecule has 9 heteroatoms. The Morgan fingerprint density at radius 2 is 1.57 bits per heavy atom. The second kappa shape index (κ2) is 12.7. The van der Waals surface area contributed by atoms with Crippen LogP contribution in [-0.2, 0) is 17.5 Å². The first-order valence-electron chi connectivity index (χ1n) is 15.2. The third-order valence-electron chi connectivity index (χ3n) is 8.19. The van der Waals surface area contributed by atoms with Gasteiger partial charge in [-0.3, -0.25) is 4.79 Å². The van der Waals surface area contributed by atoms with Crippen LogP contribution in [0.15, 0.2) is 84.9 Å². The van der Waals surface area contributed by atoms with Crippen LogP contribution in [-0.4, -0.2) is 22.0 Å². The van der Waals surface area contributed by atoms with Gasteiger partial charge in [0.05, 0.1) is 17.2 Å². The summed E-state index contributed by atoms with van der Waals surface area (Å²) in [4.78, 5) is 26.0. The van der Waals surface area contributed by atoms with Crippen molar-refractivity contribution >= 4 is 22.8 Å². The minimum Gasteiger partial charge on any atom is -0.456 e. The fraction of sp³-hybridized carbons (Fsp3) is 0.263. The lowest BCUT2D eigenvalue weighted by Gasteiger charge is -2.20. The van der Waals surface area contributed by atoms with Gasteiger partial charge in [0, 0.05) is 34.3 Å². The van der Waals surface area contributed by atoms with E-state index in [1.54, 1.807) is 18.2 Å². The molecule has 0 aliphatic carbocycles. The first-order valence-corrected chi connectivity index (χ1v) is 15.2. The van der Waals surface area contributed by atoms with Crippen LogP contribution in [0, 0.1) is 19.7 Å². The first-order chi connectivity index (χ1) is 22.0. The second-order valence-corrected chi connectivity index (χ2v) is 12.7. The zero-order valence-electron chi connectivity index (χ0n) is 27.1. The van der Waals surface area contributed by atoms with Crippen molar-refractivity contribution < 1.29 is 31.9 Å². The molecular weight excluding hydrogens is 608 g/mol. The number of carbonyl (C=O) groups is 2. The van der Waals surface area contributed by atoms with E-state index >= 15 is 0 Å². The molecule has 0 saturated heterocycles. The van der Waals surface area contributed by atoms with E-state index in [2.05, 4.69) is 9.88 Å². The maximum Gasteiger partial charge on any atom is 0.416 e. The standard InChI is InChI=1S/C38H36F4N2O3/c1-22-24(3)44(21-25-11-13-26(14-12-25)30-9-7-8-10-31(30)36(46)47-37(4,5)6)34-18-15-27(19-32(22)34)35(45)43-23(2)29-17-16-28(20-33(29)39)38(40,41)42/h7-20,23H,21H2,1-6H3,(H,43,45)/t23-/m0/s1. The predicted molar refractivity (Wildman–Crippen MR) is 175 cm³/mol. The fourth-order valence-electron chi connectivity index (χ4n) is 5.63. The number of alkyl halides is 3. The number of halogens is 4. The molecule has 1 amide bonds. The summed E-state index contributed by atoms with van der Waals surface area (Å²) in [6, 6.07) is 22.1. The first kappa shape index (κ1) is 33.4. The molecule has 5 aromatic rings. The lowest BCUT2D eigenvalue weighted by molar-refractivity contribution is -0.137. The van der Waals surface area contributed by atoms with Crippen molar-refractivity contribution in [3.05, 3.63) is 130 Å². The minimum atomic E-state index is -4.66. The smallest absolute Gasteiger partial charge is 0.416 e. The highest BCUT2D eigenvalue weighted by Crippen LogP contribution is 2.32. The molecule has 0 unspecified atom stereocenters. The third-order valence-corrected chi connectivity index (χ3v) is 8.19. The van der Waals surface area contributed by atoms with E-state index in [9.17, 15) is 27.2 Å². The summed E-state index contributed by atoms with van der Waals surface area (Å²) in [5.41, 5.74) is 4.78. The van der Waals surface area contributed by atoms with Gasteiger partial charge in [-0.1, -0.05) is 48.5 Å². The third kappa shape index (κ3) is 7.24. The van der Waals surface area contributed by atoms with Gasteiger partial charge in [0.25, 0.3) is 5.91 Å². The normalized spacial score (nSPS) is 12.6. The Morgan fingerprint density at radius 1 is 0.894 bits per heavy atom. The van der Waals surface area contributed by atoms with Crippen molar-refractivity contribution in [3.63, 3.8) is 0 Å². The number of aromatic nitrogens is 1. The Labute approximate surface area is 271 Å². The topological polar surface area (TPSA) is 60.3 Å². The highest BCUT2D eigenvalue weighted by Gasteiger charge is 2.31. The van der Waals surface area contributed by atoms with Crippen molar-refractivity contribution in [3.8, 4) is 11.1 Å². The zero-order valence-corrected chi connectivity index (χ0v) is 27.1. The monoisotopic (exact) mass is 644 g/mol. The van der Waals surface area contributed by atoms with Gasteiger partial charge in [-0.15, -0.1) is 0 Å². The molecule has 1 N–H and O–H groups in total. The molecule has 0 spiro atoms. The molecule has 0 aliphatic heterocycles. The number of fused-ring (bicyclic) bond motifs is 1. The van der Waals surface area contributed by atoms with Crippen molar-refractivity contribution in [1.82, 2.24) is 9.88 Å². The maximum absolute atomic E-state index is 14.5. The molecule has 0 radical (unpaired) electrons. The number of amides is 1. The van der Waals surface area contributed by atoms with E-state index in [0.717, 1.165) is 51.0 Å². The van der Waals surface area contributed by atoms with Crippen LogP contribution in [0.5, 0.6) is 0 Å². The zero-order chi connectivity index (χ0) is 34.3. The van der Waals surface area contributed by atoms with Gasteiger partial charge in [0.1, 0.15) is 11.4 Å². The fourth-order valence-corrected chi connectivity index (χ4v) is 5.63. The van der Waals surface area contributed by atoms with Crippen molar-refractivity contribution in [2.24, 2.45) is 0 Å². The summed E-state index contributed by atoms with van der Waals surface area (Å²) in [5.74, 6) is -1.88. The maximum atomic E-state index is 14.5. The molecule has 1 heterocycles. The van der Waals surface area contributed by atoms with Gasteiger partial charge >= 0.3 is 12.1 Å². The Morgan fingerprint density at radius 3 is 2.21 bits per heavy atom. The number of hydrogen-bond donors (Lipinski definition) is 1. The average Bonchev–Trinajstić information content (AvgIpc) is 3.24. The van der Waals surface area contributed by atoms with Gasteiger partial charge < -0.3 is 14.6 Å². The van der Waals surface area contributed by atoms with Gasteiger partial charge in [-0.05, 0) is 100 Å². The number of ether oxygens (including phenoxy) is 1. The second-order valence-electron chi connectivity index (χ2n) is 12.7. The minimum absolute atomic E-state index is 0.0371. The highest BCUT2D eigenvalue weighted by atomic mass is 19.4. The van der Waals surface area contributed by atoms with Crippen LogP contribution in [0.4, 0.5) is 17.6 Å². The molecule has 0 fully saturated rings. The Balaban J connectivity index is 1.35. The van der Waals surface area contributed by atoms with Crippen LogP contribution in [0.2, 0.25) is 0 Å². The highest BCUT2D eigenvalue weighted by molar-refractivity contribution is 5.99. The molecule has 244 valence electrons. The largest absolute Gasteiger partial charge is 0.456 e. The number of esters is 1. The van der Waals surface area contributed by atoms with Crippen molar-refractivity contribution in [1.29, 1.82) is 0 Å². The number of hydrogen-bond acceptors (Lipinski definition) is 3. The molecule has 47 heavy (non-hydrogen) atoms. The Hall–Kier alpha value is -4.92. The lowest BCUT2D eigenvalue weighted by atomic mass is 9.98. The van der Waals surface area contributed by atoms with Crippen LogP contribution in [0.1, 0.15) is 82.4 Å². The number of rotatable bonds is 7. The molecule has 0 saturated carbocycles. The number of nitrogens with zero attached hydrogens (tertiary/aromatic N) is 1. The van der Waals surface area contributed by atoms with E-state index < -0.39 is 35.1 Å². The van der Waals surface area contributed by atoms with E-state index in [1.807, 2.05) is 83.1 Å². The quantitative estimate of drug-likeness (QED) is 0.142. The molecule has 5 rings (SSSR count). The number of benzene rings is 4. The Kier molecular flexibility index (Phi) is 9.04. The Bertz CT molecular complexity index is 1970. The summed E-state index contributed by atoms with van der Waals surface area (Å²) in [7, 11) is 0. The molecule has 1 atom stereocenters. The average molecular weight is 645 g/mol. The molecule has 5 nitrogen and oxygen atoms in total. The summed E-state index contributed by atoms with van der Waals surface area (Å²) < 4.78 is 61.1. The van der Waals surface area contributed by atoms with Crippen LogP contribution >= 0.6 is 0 Å². The summed E-state index contributed by atoms with van der Waals surface area (Å²) in [5, 5.41) is 3.58. The van der Waals surface area contributed by atoms with Crippen LogP contribution in [0.25, 0.3) is 22.0 Å². The predicted octanol–water partition coefficient (Wildman–Crippen LogP) is 9.58. The van der Waals surface area contributed by atoms with Crippen LogP contribution in [0.3, 0.4) is 0 Å². The SMILES string of the molecule is Cc1c(C)n(Cc2ccc(-c3ccccc3C(=O)OC(C)(C)C)cc2)c2ccc(C(=O)N[C@@H](C)c3ccc(C(F)(F)F)cc3F)cc12. The summed E-state index contributed by atoms with van der Waals surface area (Å²) in [6.45, 7) is 11.6. The van der Waals surface area contributed by atoms with Gasteiger partial charge in [-0.25, -0.2) is 9.18 Å². The lowest BCUT2D eigenvalue weighted by Crippen LogP contribution is -2.27. The molecule has 0 bridgehead atoms. The molecule has 1 aromatic heterocycles. The summed E-state index contributed by atoms with van der Waals surface area (Å²) >= 11 is 0. The van der Waals surface area contributed by atoms with E-state index in [0.29, 0.717) is 23.7 Å². The number of aryl methyl sites for hydroxylation is 1. The number of carbonyl (C=O) groups excluding carboxylic acids is 2. The van der Waals surface area contributed by atoms with Crippen molar-refractivity contribution in [2.75, 3.05) is 0 Å². The van der Waals surface area contributed by atoms with Gasteiger partial charge in [-0.2, -0.15) is 13.2 Å². The summed E-state index contributed by atoms with van der Waals surface area (Å²) in [6.07, 6.45) is -4.66. The van der Waals surface area contributed by atoms with E-state index in [1.165, 1.54) is 6.92 Å². The van der Waals surface area contributed by atoms with Gasteiger partial charge in [0.15, 0.2) is 0 Å². The van der Waals surface area contributed by atoms with E-state index in [4.69, 9.17) is 4.74 Å². The van der Waals surface area contributed by atoms with Gasteiger partial charge in [0.2, 0.25) is 0 Å². The number of nitrogens with one attached hydrogen (secondary N) is 1. The van der Waals surface area contributed by atoms with Crippen LogP contribution < -0.4 is 5.32 Å². The molecule has 0 aliphatic rings. The van der Waals surface area contributed by atoms with E-state index in [-0.39, 0.29) is 11.5 Å².